The number of anilines is 2. The second-order valence-electron chi connectivity index (χ2n) is 6.07. The lowest BCUT2D eigenvalue weighted by Gasteiger charge is -2.28. The standard InChI is InChI=1S/C20H18N2O3S/c23-17-13-19(25-18-4-2-1-3-16(17)18)20(24)21-14-5-7-15(8-6-14)22-9-11-26-12-10-22/h1-8,13H,9-12H2,(H,21,24). The van der Waals surface area contributed by atoms with Crippen LogP contribution in [0.25, 0.3) is 11.0 Å². The van der Waals surface area contributed by atoms with Gasteiger partial charge in [0.2, 0.25) is 0 Å². The molecule has 1 aliphatic heterocycles. The van der Waals surface area contributed by atoms with Crippen molar-refractivity contribution in [2.24, 2.45) is 0 Å². The number of carbonyl (C=O) groups is 1. The maximum absolute atomic E-state index is 12.4. The van der Waals surface area contributed by atoms with E-state index in [-0.39, 0.29) is 11.2 Å². The Morgan fingerprint density at radius 3 is 2.54 bits per heavy atom. The number of rotatable bonds is 3. The molecule has 0 radical (unpaired) electrons. The van der Waals surface area contributed by atoms with Gasteiger partial charge in [-0.1, -0.05) is 12.1 Å². The van der Waals surface area contributed by atoms with Gasteiger partial charge < -0.3 is 14.6 Å². The van der Waals surface area contributed by atoms with Crippen LogP contribution in [0.15, 0.2) is 63.8 Å². The van der Waals surface area contributed by atoms with Crippen molar-refractivity contribution in [3.8, 4) is 0 Å². The lowest BCUT2D eigenvalue weighted by atomic mass is 10.2. The van der Waals surface area contributed by atoms with E-state index in [9.17, 15) is 9.59 Å². The average molecular weight is 366 g/mol. The normalized spacial score (nSPS) is 14.4. The van der Waals surface area contributed by atoms with Gasteiger partial charge in [-0.15, -0.1) is 0 Å². The highest BCUT2D eigenvalue weighted by atomic mass is 32.2. The number of hydrogen-bond donors (Lipinski definition) is 1. The average Bonchev–Trinajstić information content (AvgIpc) is 2.69. The number of thioether (sulfide) groups is 1. The second kappa shape index (κ2) is 7.25. The van der Waals surface area contributed by atoms with Crippen molar-refractivity contribution in [2.75, 3.05) is 34.8 Å². The molecule has 26 heavy (non-hydrogen) atoms. The Balaban J connectivity index is 1.52. The predicted molar refractivity (Wildman–Crippen MR) is 106 cm³/mol. The Labute approximate surface area is 155 Å². The summed E-state index contributed by atoms with van der Waals surface area (Å²) in [6.07, 6.45) is 0. The highest BCUT2D eigenvalue weighted by Gasteiger charge is 2.14. The summed E-state index contributed by atoms with van der Waals surface area (Å²) in [5.41, 5.74) is 2.00. The van der Waals surface area contributed by atoms with E-state index < -0.39 is 5.91 Å². The zero-order valence-corrected chi connectivity index (χ0v) is 14.9. The first-order valence-electron chi connectivity index (χ1n) is 8.48. The maximum Gasteiger partial charge on any atom is 0.291 e. The van der Waals surface area contributed by atoms with Crippen molar-refractivity contribution in [1.82, 2.24) is 0 Å². The van der Waals surface area contributed by atoms with Crippen LogP contribution >= 0.6 is 11.8 Å². The fourth-order valence-corrected chi connectivity index (χ4v) is 3.89. The summed E-state index contributed by atoms with van der Waals surface area (Å²) in [5.74, 6) is 1.85. The van der Waals surface area contributed by atoms with Crippen LogP contribution in [0, 0.1) is 0 Å². The molecule has 0 atom stereocenters. The molecule has 2 aromatic carbocycles. The molecule has 1 aromatic heterocycles. The van der Waals surface area contributed by atoms with E-state index in [4.69, 9.17) is 4.42 Å². The number of nitrogens with one attached hydrogen (secondary N) is 1. The molecule has 0 unspecified atom stereocenters. The molecule has 1 amide bonds. The second-order valence-corrected chi connectivity index (χ2v) is 7.30. The summed E-state index contributed by atoms with van der Waals surface area (Å²) in [6.45, 7) is 2.08. The largest absolute Gasteiger partial charge is 0.451 e. The summed E-state index contributed by atoms with van der Waals surface area (Å²) >= 11 is 1.97. The van der Waals surface area contributed by atoms with Crippen LogP contribution in [-0.2, 0) is 0 Å². The third kappa shape index (κ3) is 3.46. The molecule has 0 saturated carbocycles. The molecular formula is C20H18N2O3S. The van der Waals surface area contributed by atoms with E-state index in [0.717, 1.165) is 30.3 Å². The fraction of sp³-hybridized carbons (Fsp3) is 0.200. The summed E-state index contributed by atoms with van der Waals surface area (Å²) in [6, 6.07) is 15.9. The first-order chi connectivity index (χ1) is 12.7. The number of nitrogens with zero attached hydrogens (tertiary/aromatic N) is 1. The summed E-state index contributed by atoms with van der Waals surface area (Å²) in [5, 5.41) is 3.25. The minimum Gasteiger partial charge on any atom is -0.451 e. The SMILES string of the molecule is O=C(Nc1ccc(N2CCSCC2)cc1)c1cc(=O)c2ccccc2o1. The van der Waals surface area contributed by atoms with Gasteiger partial charge in [-0.25, -0.2) is 0 Å². The minimum atomic E-state index is -0.435. The van der Waals surface area contributed by atoms with Crippen LogP contribution in [0.1, 0.15) is 10.6 Å². The van der Waals surface area contributed by atoms with E-state index in [1.807, 2.05) is 36.0 Å². The van der Waals surface area contributed by atoms with Gasteiger partial charge in [0.15, 0.2) is 11.2 Å². The highest BCUT2D eigenvalue weighted by Crippen LogP contribution is 2.22. The number of para-hydroxylation sites is 1. The van der Waals surface area contributed by atoms with Gasteiger partial charge in [0.25, 0.3) is 5.91 Å². The lowest BCUT2D eigenvalue weighted by Crippen LogP contribution is -2.32. The minimum absolute atomic E-state index is 0.00540. The van der Waals surface area contributed by atoms with Gasteiger partial charge in [-0.05, 0) is 36.4 Å². The Hall–Kier alpha value is -2.73. The van der Waals surface area contributed by atoms with E-state index in [0.29, 0.717) is 16.7 Å². The molecule has 0 bridgehead atoms. The highest BCUT2D eigenvalue weighted by molar-refractivity contribution is 7.99. The lowest BCUT2D eigenvalue weighted by molar-refractivity contribution is 0.0997. The molecule has 5 nitrogen and oxygen atoms in total. The maximum atomic E-state index is 12.4. The molecule has 1 saturated heterocycles. The molecule has 0 spiro atoms. The predicted octanol–water partition coefficient (Wildman–Crippen LogP) is 3.60. The number of fused-ring (bicyclic) bond motifs is 1. The molecular weight excluding hydrogens is 348 g/mol. The first-order valence-corrected chi connectivity index (χ1v) is 9.63. The van der Waals surface area contributed by atoms with Crippen molar-refractivity contribution >= 4 is 40.0 Å². The van der Waals surface area contributed by atoms with Gasteiger partial charge in [-0.2, -0.15) is 11.8 Å². The van der Waals surface area contributed by atoms with Gasteiger partial charge in [0.05, 0.1) is 5.39 Å². The quantitative estimate of drug-likeness (QED) is 0.767. The van der Waals surface area contributed by atoms with Gasteiger partial charge >= 0.3 is 0 Å². The number of hydrogen-bond acceptors (Lipinski definition) is 5. The summed E-state index contributed by atoms with van der Waals surface area (Å²) in [4.78, 5) is 26.9. The van der Waals surface area contributed by atoms with Crippen molar-refractivity contribution in [3.63, 3.8) is 0 Å². The molecule has 0 aliphatic carbocycles. The molecule has 2 heterocycles. The summed E-state index contributed by atoms with van der Waals surface area (Å²) in [7, 11) is 0. The Bertz CT molecular complexity index is 992. The van der Waals surface area contributed by atoms with E-state index >= 15 is 0 Å². The molecule has 1 fully saturated rings. The van der Waals surface area contributed by atoms with E-state index in [1.54, 1.807) is 24.3 Å². The van der Waals surface area contributed by atoms with Crippen LogP contribution in [0.4, 0.5) is 11.4 Å². The number of carbonyl (C=O) groups excluding carboxylic acids is 1. The Morgan fingerprint density at radius 2 is 1.77 bits per heavy atom. The third-order valence-corrected chi connectivity index (χ3v) is 5.30. The number of benzene rings is 2. The molecule has 1 aliphatic rings. The Kier molecular flexibility index (Phi) is 4.67. The molecule has 1 N–H and O–H groups in total. The molecule has 3 aromatic rings. The first kappa shape index (κ1) is 16.7. The van der Waals surface area contributed by atoms with Crippen LogP contribution in [0.2, 0.25) is 0 Å². The van der Waals surface area contributed by atoms with Gasteiger partial charge in [-0.3, -0.25) is 9.59 Å². The van der Waals surface area contributed by atoms with Crippen LogP contribution in [0.3, 0.4) is 0 Å². The van der Waals surface area contributed by atoms with Crippen LogP contribution in [0.5, 0.6) is 0 Å². The van der Waals surface area contributed by atoms with E-state index in [1.165, 1.54) is 6.07 Å². The monoisotopic (exact) mass is 366 g/mol. The smallest absolute Gasteiger partial charge is 0.291 e. The van der Waals surface area contributed by atoms with E-state index in [2.05, 4.69) is 10.2 Å². The topological polar surface area (TPSA) is 62.6 Å². The Morgan fingerprint density at radius 1 is 1.04 bits per heavy atom. The zero-order chi connectivity index (χ0) is 17.9. The molecule has 132 valence electrons. The molecule has 6 heteroatoms. The van der Waals surface area contributed by atoms with Crippen molar-refractivity contribution < 1.29 is 9.21 Å². The third-order valence-electron chi connectivity index (χ3n) is 4.36. The molecule has 4 rings (SSSR count). The van der Waals surface area contributed by atoms with Crippen molar-refractivity contribution in [2.45, 2.75) is 0 Å². The van der Waals surface area contributed by atoms with Crippen LogP contribution < -0.4 is 15.6 Å². The van der Waals surface area contributed by atoms with Crippen LogP contribution in [-0.4, -0.2) is 30.5 Å². The van der Waals surface area contributed by atoms with Gasteiger partial charge in [0.1, 0.15) is 5.58 Å². The fourth-order valence-electron chi connectivity index (χ4n) is 2.99. The van der Waals surface area contributed by atoms with Gasteiger partial charge in [0, 0.05) is 42.0 Å². The van der Waals surface area contributed by atoms with Crippen molar-refractivity contribution in [1.29, 1.82) is 0 Å². The summed E-state index contributed by atoms with van der Waals surface area (Å²) < 4.78 is 5.57. The zero-order valence-electron chi connectivity index (χ0n) is 14.1. The van der Waals surface area contributed by atoms with Crippen molar-refractivity contribution in [3.05, 3.63) is 70.6 Å². The number of amides is 1.